The molecule has 0 bridgehead atoms. The number of halogens is 2. The van der Waals surface area contributed by atoms with E-state index < -0.39 is 23.7 Å². The smallest absolute Gasteiger partial charge is 0.312 e. The number of ether oxygens (including phenoxy) is 2. The average molecular weight is 482 g/mol. The minimum atomic E-state index is -1.01. The molecule has 182 valence electrons. The summed E-state index contributed by atoms with van der Waals surface area (Å²) in [5, 5.41) is 3.72. The predicted octanol–water partition coefficient (Wildman–Crippen LogP) is 3.78. The Morgan fingerprint density at radius 2 is 1.89 bits per heavy atom. The SMILES string of the molecule is COc1ccc2[nH]cc(N3CCC(NC(N)=O)CC3c3nc4cc(F)c(F)cc4nc3OC)c2c1. The number of urea groups is 1. The molecule has 1 aliphatic rings. The molecule has 35 heavy (non-hydrogen) atoms. The summed E-state index contributed by atoms with van der Waals surface area (Å²) >= 11 is 0. The highest BCUT2D eigenvalue weighted by Crippen LogP contribution is 2.41. The highest BCUT2D eigenvalue weighted by Gasteiger charge is 2.35. The van der Waals surface area contributed by atoms with E-state index >= 15 is 0 Å². The minimum absolute atomic E-state index is 0.176. The standard InChI is InChI=1S/C24H24F2N6O3/c1-34-13-3-4-17-14(8-13)21(11-28-17)32-6-5-12(29-24(27)33)7-20(32)22-23(35-2)31-19-10-16(26)15(25)9-18(19)30-22/h3-4,8-12,20,28H,5-7H2,1-2H3,(H3,27,29,33). The van der Waals surface area contributed by atoms with E-state index in [4.69, 9.17) is 15.2 Å². The van der Waals surface area contributed by atoms with Crippen LogP contribution >= 0.6 is 0 Å². The highest BCUT2D eigenvalue weighted by atomic mass is 19.2. The molecule has 0 spiro atoms. The summed E-state index contributed by atoms with van der Waals surface area (Å²) in [6.45, 7) is 0.556. The molecule has 2 amide bonds. The van der Waals surface area contributed by atoms with Crippen LogP contribution in [0.15, 0.2) is 36.5 Å². The van der Waals surface area contributed by atoms with E-state index in [1.807, 2.05) is 24.4 Å². The average Bonchev–Trinajstić information content (AvgIpc) is 3.26. The number of nitrogens with one attached hydrogen (secondary N) is 2. The molecule has 0 radical (unpaired) electrons. The molecule has 9 nitrogen and oxygen atoms in total. The van der Waals surface area contributed by atoms with E-state index in [-0.39, 0.29) is 23.0 Å². The first kappa shape index (κ1) is 22.6. The van der Waals surface area contributed by atoms with Gasteiger partial charge < -0.3 is 30.4 Å². The Labute approximate surface area is 199 Å². The molecule has 1 aliphatic heterocycles. The van der Waals surface area contributed by atoms with Gasteiger partial charge in [-0.1, -0.05) is 0 Å². The van der Waals surface area contributed by atoms with Crippen LogP contribution in [0.3, 0.4) is 0 Å². The second-order valence-electron chi connectivity index (χ2n) is 8.40. The molecule has 3 heterocycles. The van der Waals surface area contributed by atoms with Crippen LogP contribution in [-0.4, -0.2) is 47.8 Å². The van der Waals surface area contributed by atoms with Crippen molar-refractivity contribution in [3.05, 3.63) is 53.9 Å². The van der Waals surface area contributed by atoms with Crippen LogP contribution in [0.25, 0.3) is 21.9 Å². The molecule has 2 aromatic heterocycles. The zero-order valence-corrected chi connectivity index (χ0v) is 19.1. The van der Waals surface area contributed by atoms with Crippen molar-refractivity contribution in [1.82, 2.24) is 20.3 Å². The summed E-state index contributed by atoms with van der Waals surface area (Å²) in [5.74, 6) is -1.13. The van der Waals surface area contributed by atoms with Gasteiger partial charge in [0.05, 0.1) is 37.0 Å². The molecule has 4 aromatic rings. The first-order chi connectivity index (χ1) is 16.9. The number of carbonyl (C=O) groups excluding carboxylic acids is 1. The third-order valence-corrected chi connectivity index (χ3v) is 6.33. The maximum Gasteiger partial charge on any atom is 0.312 e. The molecule has 2 aromatic carbocycles. The Hall–Kier alpha value is -4.15. The van der Waals surface area contributed by atoms with E-state index in [9.17, 15) is 13.6 Å². The quantitative estimate of drug-likeness (QED) is 0.398. The second kappa shape index (κ2) is 8.90. The van der Waals surface area contributed by atoms with Gasteiger partial charge in [0.15, 0.2) is 11.6 Å². The van der Waals surface area contributed by atoms with E-state index in [0.29, 0.717) is 30.8 Å². The number of primary amides is 1. The maximum atomic E-state index is 14.0. The number of methoxy groups -OCH3 is 2. The number of hydrogen-bond acceptors (Lipinski definition) is 6. The molecule has 0 aliphatic carbocycles. The number of fused-ring (bicyclic) bond motifs is 2. The van der Waals surface area contributed by atoms with Crippen molar-refractivity contribution in [3.8, 4) is 11.6 Å². The Morgan fingerprint density at radius 3 is 2.57 bits per heavy atom. The van der Waals surface area contributed by atoms with Crippen molar-refractivity contribution in [3.63, 3.8) is 0 Å². The van der Waals surface area contributed by atoms with Crippen LogP contribution in [0.4, 0.5) is 19.3 Å². The fourth-order valence-corrected chi connectivity index (χ4v) is 4.71. The summed E-state index contributed by atoms with van der Waals surface area (Å²) in [6.07, 6.45) is 2.98. The van der Waals surface area contributed by atoms with Crippen LogP contribution in [0.2, 0.25) is 0 Å². The van der Waals surface area contributed by atoms with Crippen molar-refractivity contribution in [2.75, 3.05) is 25.7 Å². The van der Waals surface area contributed by atoms with Gasteiger partial charge in [-0.25, -0.2) is 23.5 Å². The molecule has 1 fully saturated rings. The monoisotopic (exact) mass is 482 g/mol. The Morgan fingerprint density at radius 1 is 1.14 bits per heavy atom. The lowest BCUT2D eigenvalue weighted by Crippen LogP contribution is -2.48. The van der Waals surface area contributed by atoms with Gasteiger partial charge in [0, 0.05) is 41.8 Å². The van der Waals surface area contributed by atoms with Crippen molar-refractivity contribution in [2.24, 2.45) is 5.73 Å². The molecule has 1 saturated heterocycles. The number of amides is 2. The van der Waals surface area contributed by atoms with E-state index in [0.717, 1.165) is 28.7 Å². The number of aromatic nitrogens is 3. The number of nitrogens with two attached hydrogens (primary N) is 1. The number of rotatable bonds is 5. The first-order valence-corrected chi connectivity index (χ1v) is 11.1. The summed E-state index contributed by atoms with van der Waals surface area (Å²) in [6, 6.07) is 6.50. The van der Waals surface area contributed by atoms with E-state index in [2.05, 4.69) is 25.2 Å². The van der Waals surface area contributed by atoms with Crippen LogP contribution in [0, 0.1) is 11.6 Å². The van der Waals surface area contributed by atoms with Crippen molar-refractivity contribution < 1.29 is 23.0 Å². The number of piperidine rings is 1. The Kier molecular flexibility index (Phi) is 5.75. The Balaban J connectivity index is 1.65. The molecule has 2 atom stereocenters. The second-order valence-corrected chi connectivity index (χ2v) is 8.40. The highest BCUT2D eigenvalue weighted by molar-refractivity contribution is 5.94. The lowest BCUT2D eigenvalue weighted by Gasteiger charge is -2.40. The first-order valence-electron chi connectivity index (χ1n) is 11.1. The largest absolute Gasteiger partial charge is 0.497 e. The number of H-pyrrole nitrogens is 1. The summed E-state index contributed by atoms with van der Waals surface area (Å²) in [5.41, 5.74) is 8.03. The molecule has 5 rings (SSSR count). The maximum absolute atomic E-state index is 14.0. The molecule has 4 N–H and O–H groups in total. The summed E-state index contributed by atoms with van der Waals surface area (Å²) in [7, 11) is 3.05. The van der Waals surface area contributed by atoms with Crippen LogP contribution in [0.5, 0.6) is 11.6 Å². The van der Waals surface area contributed by atoms with Gasteiger partial charge in [-0.05, 0) is 31.0 Å². The van der Waals surface area contributed by atoms with Crippen molar-refractivity contribution in [2.45, 2.75) is 24.9 Å². The topological polar surface area (TPSA) is 118 Å². The van der Waals surface area contributed by atoms with Gasteiger partial charge in [-0.15, -0.1) is 0 Å². The van der Waals surface area contributed by atoms with Crippen LogP contribution < -0.4 is 25.4 Å². The number of hydrogen-bond donors (Lipinski definition) is 3. The minimum Gasteiger partial charge on any atom is -0.497 e. The molecular weight excluding hydrogens is 458 g/mol. The van der Waals surface area contributed by atoms with Crippen molar-refractivity contribution in [1.29, 1.82) is 0 Å². The molecule has 11 heteroatoms. The molecular formula is C24H24F2N6O3. The van der Waals surface area contributed by atoms with Crippen LogP contribution in [0.1, 0.15) is 24.6 Å². The van der Waals surface area contributed by atoms with Gasteiger partial charge in [-0.2, -0.15) is 0 Å². The van der Waals surface area contributed by atoms with Crippen LogP contribution in [-0.2, 0) is 0 Å². The molecule has 0 saturated carbocycles. The lowest BCUT2D eigenvalue weighted by molar-refractivity contribution is 0.240. The number of nitrogens with zero attached hydrogens (tertiary/aromatic N) is 3. The third-order valence-electron chi connectivity index (χ3n) is 6.33. The molecule has 2 unspecified atom stereocenters. The van der Waals surface area contributed by atoms with Crippen molar-refractivity contribution >= 4 is 33.7 Å². The zero-order valence-electron chi connectivity index (χ0n) is 19.1. The fourth-order valence-electron chi connectivity index (χ4n) is 4.71. The third kappa shape index (κ3) is 4.13. The number of aromatic amines is 1. The van der Waals surface area contributed by atoms with Gasteiger partial charge >= 0.3 is 6.03 Å². The van der Waals surface area contributed by atoms with Gasteiger partial charge in [0.25, 0.3) is 0 Å². The number of anilines is 1. The fraction of sp³-hybridized carbons (Fsp3) is 0.292. The number of carbonyl (C=O) groups is 1. The summed E-state index contributed by atoms with van der Waals surface area (Å²) < 4.78 is 38.7. The lowest BCUT2D eigenvalue weighted by atomic mass is 9.93. The van der Waals surface area contributed by atoms with Gasteiger partial charge in [0.1, 0.15) is 11.4 Å². The Bertz CT molecular complexity index is 1430. The van der Waals surface area contributed by atoms with E-state index in [1.165, 1.54) is 7.11 Å². The number of benzene rings is 2. The predicted molar refractivity (Wildman–Crippen MR) is 127 cm³/mol. The summed E-state index contributed by atoms with van der Waals surface area (Å²) in [4.78, 5) is 26.0. The van der Waals surface area contributed by atoms with Gasteiger partial charge in [0.2, 0.25) is 5.88 Å². The van der Waals surface area contributed by atoms with Gasteiger partial charge in [-0.3, -0.25) is 0 Å². The normalized spacial score (nSPS) is 18.1. The zero-order chi connectivity index (χ0) is 24.7. The van der Waals surface area contributed by atoms with E-state index in [1.54, 1.807) is 7.11 Å².